The lowest BCUT2D eigenvalue weighted by Gasteiger charge is -1.92. The summed E-state index contributed by atoms with van der Waals surface area (Å²) in [5.74, 6) is 0.113. The van der Waals surface area contributed by atoms with Gasteiger partial charge in [-0.1, -0.05) is 12.1 Å². The largest absolute Gasteiger partial charge is 0.450 e. The van der Waals surface area contributed by atoms with Crippen molar-refractivity contribution in [1.82, 2.24) is 5.32 Å². The fourth-order valence-electron chi connectivity index (χ4n) is 1.26. The number of furan rings is 1. The molecule has 1 aromatic heterocycles. The van der Waals surface area contributed by atoms with Gasteiger partial charge in [-0.05, 0) is 28.1 Å². The zero-order valence-corrected chi connectivity index (χ0v) is 9.09. The highest BCUT2D eigenvalue weighted by Crippen LogP contribution is 2.26. The van der Waals surface area contributed by atoms with E-state index in [-0.39, 0.29) is 5.91 Å². The molecule has 0 atom stereocenters. The van der Waals surface area contributed by atoms with Gasteiger partial charge >= 0.3 is 0 Å². The van der Waals surface area contributed by atoms with Crippen molar-refractivity contribution in [3.8, 4) is 0 Å². The maximum atomic E-state index is 11.3. The Balaban J connectivity index is 2.62. The summed E-state index contributed by atoms with van der Waals surface area (Å²) in [5, 5.41) is 3.43. The topological polar surface area (TPSA) is 42.2 Å². The number of carbonyl (C=O) groups is 1. The molecule has 0 bridgehead atoms. The summed E-state index contributed by atoms with van der Waals surface area (Å²) in [7, 11) is 1.57. The van der Waals surface area contributed by atoms with Crippen LogP contribution in [0.1, 0.15) is 10.6 Å². The van der Waals surface area contributed by atoms with E-state index in [0.717, 1.165) is 9.86 Å². The average Bonchev–Trinajstić information content (AvgIpc) is 2.62. The number of fused-ring (bicyclic) bond motifs is 1. The van der Waals surface area contributed by atoms with Gasteiger partial charge in [-0.2, -0.15) is 0 Å². The number of halogens is 1. The van der Waals surface area contributed by atoms with Crippen molar-refractivity contribution in [2.75, 3.05) is 7.05 Å². The van der Waals surface area contributed by atoms with Crippen molar-refractivity contribution in [2.24, 2.45) is 0 Å². The number of hydrogen-bond acceptors (Lipinski definition) is 2. The van der Waals surface area contributed by atoms with Crippen molar-refractivity contribution >= 4 is 32.8 Å². The number of hydrogen-bond donors (Lipinski definition) is 1. The van der Waals surface area contributed by atoms with Crippen LogP contribution in [-0.4, -0.2) is 13.0 Å². The summed E-state index contributed by atoms with van der Waals surface area (Å²) in [5.41, 5.74) is 0.700. The molecular formula is C10H8BrNO2. The zero-order valence-electron chi connectivity index (χ0n) is 7.50. The molecule has 0 saturated carbocycles. The molecule has 1 N–H and O–H groups in total. The highest BCUT2D eigenvalue weighted by molar-refractivity contribution is 9.10. The first-order chi connectivity index (χ1) is 6.72. The molecule has 0 fully saturated rings. The Morgan fingerprint density at radius 2 is 2.29 bits per heavy atom. The summed E-state index contributed by atoms with van der Waals surface area (Å²) in [6, 6.07) is 7.39. The third-order valence-corrected chi connectivity index (χ3v) is 2.57. The second-order valence-corrected chi connectivity index (χ2v) is 3.70. The van der Waals surface area contributed by atoms with Crippen molar-refractivity contribution in [3.05, 3.63) is 34.5 Å². The van der Waals surface area contributed by atoms with E-state index in [0.29, 0.717) is 11.3 Å². The standard InChI is InChI=1S/C10H8BrNO2/c1-12-10(13)8-5-6-3-2-4-7(11)9(6)14-8/h2-5H,1H3,(H,12,13). The fourth-order valence-corrected chi connectivity index (χ4v) is 1.73. The molecule has 2 aromatic rings. The lowest BCUT2D eigenvalue weighted by atomic mass is 10.2. The van der Waals surface area contributed by atoms with Crippen LogP contribution < -0.4 is 5.32 Å². The van der Waals surface area contributed by atoms with Gasteiger partial charge in [0.25, 0.3) is 5.91 Å². The number of benzene rings is 1. The minimum absolute atomic E-state index is 0.215. The predicted molar refractivity (Wildman–Crippen MR) is 57.3 cm³/mol. The molecule has 2 rings (SSSR count). The Morgan fingerprint density at radius 3 is 2.93 bits per heavy atom. The minimum atomic E-state index is -0.215. The van der Waals surface area contributed by atoms with Crippen LogP contribution >= 0.6 is 15.9 Å². The van der Waals surface area contributed by atoms with E-state index in [9.17, 15) is 4.79 Å². The smallest absolute Gasteiger partial charge is 0.286 e. The number of carbonyl (C=O) groups excluding carboxylic acids is 1. The van der Waals surface area contributed by atoms with E-state index in [4.69, 9.17) is 4.42 Å². The summed E-state index contributed by atoms with van der Waals surface area (Å²) in [6.45, 7) is 0. The highest BCUT2D eigenvalue weighted by Gasteiger charge is 2.11. The van der Waals surface area contributed by atoms with Crippen LogP contribution in [0.2, 0.25) is 0 Å². The second kappa shape index (κ2) is 3.46. The van der Waals surface area contributed by atoms with Crippen LogP contribution in [0.5, 0.6) is 0 Å². The molecule has 0 unspecified atom stereocenters. The third-order valence-electron chi connectivity index (χ3n) is 1.95. The van der Waals surface area contributed by atoms with Crippen LogP contribution in [-0.2, 0) is 0 Å². The first kappa shape index (κ1) is 9.27. The highest BCUT2D eigenvalue weighted by atomic mass is 79.9. The molecule has 0 spiro atoms. The SMILES string of the molecule is CNC(=O)c1cc2cccc(Br)c2o1. The molecular weight excluding hydrogens is 246 g/mol. The van der Waals surface area contributed by atoms with Crippen LogP contribution in [0, 0.1) is 0 Å². The third kappa shape index (κ3) is 1.42. The number of nitrogens with one attached hydrogen (secondary N) is 1. The van der Waals surface area contributed by atoms with E-state index in [2.05, 4.69) is 21.2 Å². The van der Waals surface area contributed by atoms with Gasteiger partial charge in [0.1, 0.15) is 5.58 Å². The van der Waals surface area contributed by atoms with Gasteiger partial charge in [-0.3, -0.25) is 4.79 Å². The van der Waals surface area contributed by atoms with Gasteiger partial charge in [0.05, 0.1) is 4.47 Å². The quantitative estimate of drug-likeness (QED) is 0.849. The molecule has 0 radical (unpaired) electrons. The number of amides is 1. The van der Waals surface area contributed by atoms with Crippen molar-refractivity contribution in [3.63, 3.8) is 0 Å². The Morgan fingerprint density at radius 1 is 1.50 bits per heavy atom. The molecule has 0 aliphatic heterocycles. The van der Waals surface area contributed by atoms with Crippen molar-refractivity contribution in [1.29, 1.82) is 0 Å². The molecule has 1 heterocycles. The maximum absolute atomic E-state index is 11.3. The fraction of sp³-hybridized carbons (Fsp3) is 0.100. The molecule has 4 heteroatoms. The Bertz CT molecular complexity index is 490. The maximum Gasteiger partial charge on any atom is 0.286 e. The number of para-hydroxylation sites is 1. The monoisotopic (exact) mass is 253 g/mol. The van der Waals surface area contributed by atoms with Crippen LogP contribution in [0.3, 0.4) is 0 Å². The van der Waals surface area contributed by atoms with E-state index < -0.39 is 0 Å². The lowest BCUT2D eigenvalue weighted by molar-refractivity contribution is 0.0938. The van der Waals surface area contributed by atoms with Gasteiger partial charge < -0.3 is 9.73 Å². The van der Waals surface area contributed by atoms with Gasteiger partial charge in [-0.25, -0.2) is 0 Å². The Hall–Kier alpha value is -1.29. The zero-order chi connectivity index (χ0) is 10.1. The summed E-state index contributed by atoms with van der Waals surface area (Å²) in [4.78, 5) is 11.3. The normalized spacial score (nSPS) is 10.4. The van der Waals surface area contributed by atoms with Gasteiger partial charge in [0, 0.05) is 12.4 Å². The summed E-state index contributed by atoms with van der Waals surface area (Å²) in [6.07, 6.45) is 0. The minimum Gasteiger partial charge on any atom is -0.450 e. The summed E-state index contributed by atoms with van der Waals surface area (Å²) >= 11 is 3.36. The first-order valence-electron chi connectivity index (χ1n) is 4.12. The molecule has 0 saturated heterocycles. The number of rotatable bonds is 1. The molecule has 3 nitrogen and oxygen atoms in total. The first-order valence-corrected chi connectivity index (χ1v) is 4.92. The van der Waals surface area contributed by atoms with Crippen molar-refractivity contribution in [2.45, 2.75) is 0 Å². The molecule has 0 aliphatic rings. The Kier molecular flexibility index (Phi) is 2.29. The van der Waals surface area contributed by atoms with E-state index in [1.807, 2.05) is 18.2 Å². The Labute approximate surface area is 89.2 Å². The van der Waals surface area contributed by atoms with E-state index >= 15 is 0 Å². The molecule has 1 amide bonds. The van der Waals surface area contributed by atoms with Gasteiger partial charge in [0.15, 0.2) is 5.76 Å². The van der Waals surface area contributed by atoms with Gasteiger partial charge in [-0.15, -0.1) is 0 Å². The molecule has 0 aliphatic carbocycles. The van der Waals surface area contributed by atoms with Crippen molar-refractivity contribution < 1.29 is 9.21 Å². The average molecular weight is 254 g/mol. The van der Waals surface area contributed by atoms with E-state index in [1.165, 1.54) is 0 Å². The second-order valence-electron chi connectivity index (χ2n) is 2.85. The summed E-state index contributed by atoms with van der Waals surface area (Å²) < 4.78 is 6.24. The van der Waals surface area contributed by atoms with E-state index in [1.54, 1.807) is 13.1 Å². The molecule has 72 valence electrons. The van der Waals surface area contributed by atoms with Crippen LogP contribution in [0.4, 0.5) is 0 Å². The van der Waals surface area contributed by atoms with Crippen LogP contribution in [0.25, 0.3) is 11.0 Å². The lowest BCUT2D eigenvalue weighted by Crippen LogP contribution is -2.16. The van der Waals surface area contributed by atoms with Gasteiger partial charge in [0.2, 0.25) is 0 Å². The van der Waals surface area contributed by atoms with Crippen LogP contribution in [0.15, 0.2) is 33.2 Å². The molecule has 1 aromatic carbocycles. The molecule has 14 heavy (non-hydrogen) atoms. The predicted octanol–water partition coefficient (Wildman–Crippen LogP) is 2.55.